The van der Waals surface area contributed by atoms with Crippen LogP contribution < -0.4 is 0 Å². The minimum Gasteiger partial charge on any atom is -0.396 e. The molecule has 84 valence electrons. The van der Waals surface area contributed by atoms with Crippen LogP contribution in [0.25, 0.3) is 0 Å². The summed E-state index contributed by atoms with van der Waals surface area (Å²) in [6.45, 7) is -0.816. The van der Waals surface area contributed by atoms with Gasteiger partial charge in [0.1, 0.15) is 6.29 Å². The zero-order chi connectivity index (χ0) is 11.7. The molecule has 0 atom stereocenters. The molecule has 15 heavy (non-hydrogen) atoms. The molecule has 0 aliphatic heterocycles. The van der Waals surface area contributed by atoms with Gasteiger partial charge in [-0.2, -0.15) is 13.2 Å². The quantitative estimate of drug-likeness (QED) is 0.777. The second-order valence-electron chi connectivity index (χ2n) is 2.62. The van der Waals surface area contributed by atoms with Gasteiger partial charge in [-0.05, 0) is 0 Å². The third kappa shape index (κ3) is 8.96. The number of alkyl halides is 3. The van der Waals surface area contributed by atoms with E-state index in [0.717, 1.165) is 11.8 Å². The predicted octanol–water partition coefficient (Wildman–Crippen LogP) is 2.43. The van der Waals surface area contributed by atoms with E-state index in [-0.39, 0.29) is 0 Å². The molecule has 1 aromatic rings. The summed E-state index contributed by atoms with van der Waals surface area (Å²) in [6, 6.07) is 9.10. The lowest BCUT2D eigenvalue weighted by atomic mass is 10.2. The van der Waals surface area contributed by atoms with Crippen molar-refractivity contribution in [3.8, 4) is 0 Å². The lowest BCUT2D eigenvalue weighted by Gasteiger charge is -1.99. The molecule has 0 saturated carbocycles. The summed E-state index contributed by atoms with van der Waals surface area (Å²) < 4.78 is 32.7. The Morgan fingerprint density at radius 1 is 1.20 bits per heavy atom. The van der Waals surface area contributed by atoms with Crippen molar-refractivity contribution in [3.05, 3.63) is 35.9 Å². The molecule has 0 aromatic heterocycles. The van der Waals surface area contributed by atoms with Gasteiger partial charge in [-0.25, -0.2) is 0 Å². The molecule has 2 nitrogen and oxygen atoms in total. The smallest absolute Gasteiger partial charge is 0.391 e. The van der Waals surface area contributed by atoms with E-state index in [1.165, 1.54) is 0 Å². The van der Waals surface area contributed by atoms with E-state index in [0.29, 0.717) is 0 Å². The van der Waals surface area contributed by atoms with Crippen molar-refractivity contribution in [2.75, 3.05) is 6.61 Å². The van der Waals surface area contributed by atoms with E-state index in [1.54, 1.807) is 12.1 Å². The molecule has 1 N–H and O–H groups in total. The molecule has 0 bridgehead atoms. The lowest BCUT2D eigenvalue weighted by Crippen LogP contribution is -2.08. The highest BCUT2D eigenvalue weighted by Gasteiger charge is 2.25. The Morgan fingerprint density at radius 3 is 1.93 bits per heavy atom. The van der Waals surface area contributed by atoms with Gasteiger partial charge in [0.25, 0.3) is 0 Å². The van der Waals surface area contributed by atoms with Crippen LogP contribution in [0.15, 0.2) is 30.3 Å². The molecule has 0 amide bonds. The first-order valence-corrected chi connectivity index (χ1v) is 4.17. The van der Waals surface area contributed by atoms with Gasteiger partial charge in [-0.15, -0.1) is 0 Å². The standard InChI is InChI=1S/C7H6O.C3H5F3O/c8-6-7-4-2-1-3-5-7;4-3(5,6)1-2-7/h1-6H;7H,1-2H2. The van der Waals surface area contributed by atoms with Gasteiger partial charge in [0.05, 0.1) is 13.0 Å². The fraction of sp³-hybridized carbons (Fsp3) is 0.300. The molecular weight excluding hydrogens is 209 g/mol. The van der Waals surface area contributed by atoms with Gasteiger partial charge in [0, 0.05) is 5.56 Å². The molecule has 0 fully saturated rings. The van der Waals surface area contributed by atoms with E-state index in [2.05, 4.69) is 0 Å². The summed E-state index contributed by atoms with van der Waals surface area (Å²) in [6.07, 6.45) is -4.47. The van der Waals surface area contributed by atoms with Crippen LogP contribution in [0.2, 0.25) is 0 Å². The predicted molar refractivity (Wildman–Crippen MR) is 49.6 cm³/mol. The number of aliphatic hydroxyl groups excluding tert-OH is 1. The van der Waals surface area contributed by atoms with Gasteiger partial charge >= 0.3 is 6.18 Å². The van der Waals surface area contributed by atoms with Crippen LogP contribution in [0.1, 0.15) is 16.8 Å². The second kappa shape index (κ2) is 7.00. The van der Waals surface area contributed by atoms with Crippen LogP contribution in [-0.4, -0.2) is 24.2 Å². The fourth-order valence-electron chi connectivity index (χ4n) is 0.658. The lowest BCUT2D eigenvalue weighted by molar-refractivity contribution is -0.141. The molecule has 1 rings (SSSR count). The molecular formula is C10H11F3O2. The molecule has 0 radical (unpaired) electrons. The Hall–Kier alpha value is -1.36. The molecule has 0 saturated heterocycles. The highest BCUT2D eigenvalue weighted by atomic mass is 19.4. The number of benzene rings is 1. The largest absolute Gasteiger partial charge is 0.396 e. The average molecular weight is 220 g/mol. The second-order valence-corrected chi connectivity index (χ2v) is 2.62. The van der Waals surface area contributed by atoms with Crippen molar-refractivity contribution in [2.45, 2.75) is 12.6 Å². The van der Waals surface area contributed by atoms with Gasteiger partial charge in [0.2, 0.25) is 0 Å². The normalized spacial score (nSPS) is 10.1. The van der Waals surface area contributed by atoms with Crippen LogP contribution >= 0.6 is 0 Å². The third-order valence-electron chi connectivity index (χ3n) is 1.33. The highest BCUT2D eigenvalue weighted by Crippen LogP contribution is 2.17. The SMILES string of the molecule is O=Cc1ccccc1.OCCC(F)(F)F. The van der Waals surface area contributed by atoms with Crippen molar-refractivity contribution in [1.82, 2.24) is 0 Å². The van der Waals surface area contributed by atoms with Gasteiger partial charge in [-0.1, -0.05) is 30.3 Å². The summed E-state index contributed by atoms with van der Waals surface area (Å²) in [5.74, 6) is 0. The minimum atomic E-state index is -4.20. The molecule has 0 aliphatic rings. The number of carbonyl (C=O) groups excluding carboxylic acids is 1. The first kappa shape index (κ1) is 13.6. The van der Waals surface area contributed by atoms with E-state index >= 15 is 0 Å². The summed E-state index contributed by atoms with van der Waals surface area (Å²) in [7, 11) is 0. The first-order valence-electron chi connectivity index (χ1n) is 4.17. The number of hydrogen-bond donors (Lipinski definition) is 1. The third-order valence-corrected chi connectivity index (χ3v) is 1.33. The number of aliphatic hydroxyl groups is 1. The topological polar surface area (TPSA) is 37.3 Å². The van der Waals surface area contributed by atoms with Crippen LogP contribution in [-0.2, 0) is 0 Å². The molecule has 0 aliphatic carbocycles. The average Bonchev–Trinajstić information content (AvgIpc) is 2.18. The maximum Gasteiger partial charge on any atom is 0.391 e. The summed E-state index contributed by atoms with van der Waals surface area (Å²) in [4.78, 5) is 10.0. The van der Waals surface area contributed by atoms with E-state index in [1.807, 2.05) is 18.2 Å². The maximum atomic E-state index is 10.9. The van der Waals surface area contributed by atoms with Crippen molar-refractivity contribution in [3.63, 3.8) is 0 Å². The number of hydrogen-bond acceptors (Lipinski definition) is 2. The Bertz CT molecular complexity index is 270. The van der Waals surface area contributed by atoms with Crippen LogP contribution in [0, 0.1) is 0 Å². The van der Waals surface area contributed by atoms with Gasteiger partial charge in [0.15, 0.2) is 0 Å². The van der Waals surface area contributed by atoms with Crippen molar-refractivity contribution in [1.29, 1.82) is 0 Å². The van der Waals surface area contributed by atoms with Crippen LogP contribution in [0.5, 0.6) is 0 Å². The zero-order valence-electron chi connectivity index (χ0n) is 7.87. The molecule has 0 spiro atoms. The molecule has 0 heterocycles. The first-order chi connectivity index (χ1) is 6.99. The van der Waals surface area contributed by atoms with Crippen LogP contribution in [0.3, 0.4) is 0 Å². The minimum absolute atomic E-state index is 0.729. The number of halogens is 3. The zero-order valence-corrected chi connectivity index (χ0v) is 7.87. The van der Waals surface area contributed by atoms with Crippen molar-refractivity contribution in [2.24, 2.45) is 0 Å². The van der Waals surface area contributed by atoms with E-state index < -0.39 is 19.2 Å². The number of carbonyl (C=O) groups is 1. The Kier molecular flexibility index (Phi) is 6.37. The van der Waals surface area contributed by atoms with Crippen molar-refractivity contribution >= 4 is 6.29 Å². The molecule has 1 aromatic carbocycles. The Labute approximate surface area is 85.3 Å². The van der Waals surface area contributed by atoms with Gasteiger partial charge in [-0.3, -0.25) is 4.79 Å². The van der Waals surface area contributed by atoms with Crippen molar-refractivity contribution < 1.29 is 23.1 Å². The summed E-state index contributed by atoms with van der Waals surface area (Å²) in [5.41, 5.74) is 0.729. The summed E-state index contributed by atoms with van der Waals surface area (Å²) >= 11 is 0. The van der Waals surface area contributed by atoms with E-state index in [9.17, 15) is 18.0 Å². The Balaban J connectivity index is 0.000000265. The van der Waals surface area contributed by atoms with Crippen LogP contribution in [0.4, 0.5) is 13.2 Å². The molecule has 0 unspecified atom stereocenters. The summed E-state index contributed by atoms with van der Waals surface area (Å²) in [5, 5.41) is 7.68. The number of rotatable bonds is 2. The van der Waals surface area contributed by atoms with E-state index in [4.69, 9.17) is 5.11 Å². The number of aldehydes is 1. The monoisotopic (exact) mass is 220 g/mol. The fourth-order valence-corrected chi connectivity index (χ4v) is 0.658. The maximum absolute atomic E-state index is 10.9. The highest BCUT2D eigenvalue weighted by molar-refractivity contribution is 5.74. The Morgan fingerprint density at radius 2 is 1.73 bits per heavy atom. The molecule has 5 heteroatoms. The van der Waals surface area contributed by atoms with Gasteiger partial charge < -0.3 is 5.11 Å².